The van der Waals surface area contributed by atoms with E-state index < -0.39 is 9.84 Å². The highest BCUT2D eigenvalue weighted by molar-refractivity contribution is 7.97. The molecule has 2 rings (SSSR count). The van der Waals surface area contributed by atoms with E-state index in [2.05, 4.69) is 6.58 Å². The number of phenolic OH excluding ortho intramolecular Hbond substituents is 1. The Morgan fingerprint density at radius 3 is 2.58 bits per heavy atom. The zero-order chi connectivity index (χ0) is 8.93. The number of sulfone groups is 1. The number of hydrogen-bond donors (Lipinski definition) is 1. The van der Waals surface area contributed by atoms with Crippen LogP contribution in [0.2, 0.25) is 0 Å². The van der Waals surface area contributed by atoms with Crippen molar-refractivity contribution in [2.45, 2.75) is 9.79 Å². The average molecular weight is 182 g/mol. The van der Waals surface area contributed by atoms with E-state index in [4.69, 9.17) is 5.11 Å². The fourth-order valence-corrected chi connectivity index (χ4v) is 2.83. The molecule has 0 fully saturated rings. The minimum atomic E-state index is -3.27. The highest BCUT2D eigenvalue weighted by Crippen LogP contribution is 2.48. The average Bonchev–Trinajstić information content (AvgIpc) is 2.58. The summed E-state index contributed by atoms with van der Waals surface area (Å²) in [5, 5.41) is 9.11. The van der Waals surface area contributed by atoms with E-state index in [1.807, 2.05) is 0 Å². The lowest BCUT2D eigenvalue weighted by Crippen LogP contribution is -1.71. The molecule has 1 aliphatic heterocycles. The van der Waals surface area contributed by atoms with E-state index in [9.17, 15) is 8.42 Å². The highest BCUT2D eigenvalue weighted by Gasteiger charge is 2.44. The molecule has 0 atom stereocenters. The molecule has 4 heteroatoms. The van der Waals surface area contributed by atoms with E-state index in [-0.39, 0.29) is 15.5 Å². The van der Waals surface area contributed by atoms with Crippen molar-refractivity contribution in [3.8, 4) is 5.75 Å². The van der Waals surface area contributed by atoms with Gasteiger partial charge in [-0.25, -0.2) is 8.42 Å². The van der Waals surface area contributed by atoms with Gasteiger partial charge in [-0.2, -0.15) is 0 Å². The first-order valence-corrected chi connectivity index (χ1v) is 4.81. The van der Waals surface area contributed by atoms with Gasteiger partial charge in [0.1, 0.15) is 15.5 Å². The maximum atomic E-state index is 11.1. The number of fused-ring (bicyclic) bond motifs is 1. The Labute approximate surface area is 69.9 Å². The molecule has 0 bridgehead atoms. The molecule has 0 unspecified atom stereocenters. The van der Waals surface area contributed by atoms with Crippen molar-refractivity contribution in [2.75, 3.05) is 0 Å². The van der Waals surface area contributed by atoms with Crippen molar-refractivity contribution < 1.29 is 13.5 Å². The molecule has 1 aromatic rings. The normalized spacial score (nSPS) is 16.7. The molecule has 0 spiro atoms. The third kappa shape index (κ3) is 0.674. The molecular weight excluding hydrogens is 176 g/mol. The van der Waals surface area contributed by atoms with Crippen LogP contribution in [0.3, 0.4) is 0 Å². The molecule has 62 valence electrons. The van der Waals surface area contributed by atoms with Crippen LogP contribution in [-0.4, -0.2) is 13.5 Å². The van der Waals surface area contributed by atoms with Gasteiger partial charge in [0, 0.05) is 0 Å². The first kappa shape index (κ1) is 7.36. The molecule has 0 aliphatic carbocycles. The first-order chi connectivity index (χ1) is 5.59. The van der Waals surface area contributed by atoms with E-state index in [1.165, 1.54) is 18.2 Å². The molecular formula is C8H6O3S. The summed E-state index contributed by atoms with van der Waals surface area (Å²) in [6.07, 6.45) is 1.46. The van der Waals surface area contributed by atoms with Crippen LogP contribution in [0.4, 0.5) is 0 Å². The number of phenols is 1. The van der Waals surface area contributed by atoms with Crippen molar-refractivity contribution in [1.29, 1.82) is 0 Å². The summed E-state index contributed by atoms with van der Waals surface area (Å²) in [6.45, 7) is 3.47. The van der Waals surface area contributed by atoms with Gasteiger partial charge in [-0.15, -0.1) is 0 Å². The van der Waals surface area contributed by atoms with Crippen LogP contribution in [0.15, 0.2) is 28.5 Å². The summed E-state index contributed by atoms with van der Waals surface area (Å²) in [4.78, 5) is 0.275. The Hall–Kier alpha value is -1.29. The summed E-state index contributed by atoms with van der Waals surface area (Å²) < 4.78 is 22.2. The van der Waals surface area contributed by atoms with Crippen molar-refractivity contribution in [1.82, 2.24) is 0 Å². The number of aromatic hydroxyl groups is 1. The highest BCUT2D eigenvalue weighted by atomic mass is 32.2. The summed E-state index contributed by atoms with van der Waals surface area (Å²) in [7, 11) is -3.27. The first-order valence-electron chi connectivity index (χ1n) is 3.32. The van der Waals surface area contributed by atoms with Gasteiger partial charge >= 0.3 is 0 Å². The lowest BCUT2D eigenvalue weighted by molar-refractivity contribution is 0.461. The van der Waals surface area contributed by atoms with Gasteiger partial charge in [0.05, 0.1) is 0 Å². The Morgan fingerprint density at radius 1 is 1.33 bits per heavy atom. The molecule has 0 aromatic heterocycles. The van der Waals surface area contributed by atoms with Crippen molar-refractivity contribution in [3.05, 3.63) is 24.3 Å². The fraction of sp³-hybridized carbons (Fsp3) is 0. The summed E-state index contributed by atoms with van der Waals surface area (Å²) >= 11 is 0. The minimum absolute atomic E-state index is 0.0555. The molecule has 1 aliphatic rings. The van der Waals surface area contributed by atoms with Crippen LogP contribution in [0.5, 0.6) is 5.75 Å². The Bertz CT molecular complexity index is 471. The molecule has 1 N–H and O–H groups in total. The zero-order valence-corrected chi connectivity index (χ0v) is 6.93. The van der Waals surface area contributed by atoms with E-state index in [1.54, 1.807) is 0 Å². The molecule has 0 radical (unpaired) electrons. The van der Waals surface area contributed by atoms with Crippen LogP contribution in [0.1, 0.15) is 5.56 Å². The minimum Gasteiger partial charge on any atom is -0.507 e. The third-order valence-electron chi connectivity index (χ3n) is 1.84. The smallest absolute Gasteiger partial charge is 0.213 e. The fourth-order valence-electron chi connectivity index (χ4n) is 1.21. The summed E-state index contributed by atoms with van der Waals surface area (Å²) in [5.41, 5.74) is 0.558. The summed E-state index contributed by atoms with van der Waals surface area (Å²) in [5.74, 6) is -0.171. The standard InChI is InChI=1S/C8H6O3S/c1-2-5-3-4-6(9)8-7(5)12(8,10)11/h2-4,9H,1H2. The van der Waals surface area contributed by atoms with Crippen LogP contribution >= 0.6 is 0 Å². The quantitative estimate of drug-likeness (QED) is 0.674. The molecule has 0 saturated carbocycles. The van der Waals surface area contributed by atoms with Crippen molar-refractivity contribution in [3.63, 3.8) is 0 Å². The molecule has 1 aromatic carbocycles. The van der Waals surface area contributed by atoms with Crippen LogP contribution in [-0.2, 0) is 9.84 Å². The lowest BCUT2D eigenvalue weighted by Gasteiger charge is -1.86. The number of rotatable bonds is 1. The second-order valence-electron chi connectivity index (χ2n) is 2.54. The zero-order valence-electron chi connectivity index (χ0n) is 6.11. The number of hydrogen-bond acceptors (Lipinski definition) is 3. The van der Waals surface area contributed by atoms with E-state index in [0.29, 0.717) is 5.56 Å². The van der Waals surface area contributed by atoms with E-state index in [0.717, 1.165) is 0 Å². The molecule has 1 heterocycles. The molecule has 0 amide bonds. The van der Waals surface area contributed by atoms with Gasteiger partial charge in [-0.1, -0.05) is 12.7 Å². The van der Waals surface area contributed by atoms with Gasteiger partial charge < -0.3 is 5.11 Å². The van der Waals surface area contributed by atoms with Crippen LogP contribution in [0.25, 0.3) is 6.08 Å². The SMILES string of the molecule is C=Cc1ccc(O)c2c1S2(=O)=O. The summed E-state index contributed by atoms with van der Waals surface area (Å²) in [6, 6.07) is 2.89. The number of benzene rings is 1. The molecule has 0 saturated heterocycles. The van der Waals surface area contributed by atoms with Crippen LogP contribution in [0, 0.1) is 0 Å². The Kier molecular flexibility index (Phi) is 1.16. The molecule has 12 heavy (non-hydrogen) atoms. The van der Waals surface area contributed by atoms with Gasteiger partial charge in [0.2, 0.25) is 9.84 Å². The van der Waals surface area contributed by atoms with Gasteiger partial charge in [-0.3, -0.25) is 0 Å². The Morgan fingerprint density at radius 2 is 2.00 bits per heavy atom. The maximum Gasteiger partial charge on any atom is 0.213 e. The predicted octanol–water partition coefficient (Wildman–Crippen LogP) is 1.18. The Balaban J connectivity index is 2.84. The van der Waals surface area contributed by atoms with Gasteiger partial charge in [0.15, 0.2) is 0 Å². The predicted molar refractivity (Wildman–Crippen MR) is 43.6 cm³/mol. The second-order valence-corrected chi connectivity index (χ2v) is 4.36. The topological polar surface area (TPSA) is 54.4 Å². The van der Waals surface area contributed by atoms with Crippen LogP contribution < -0.4 is 0 Å². The van der Waals surface area contributed by atoms with E-state index >= 15 is 0 Å². The second kappa shape index (κ2) is 1.90. The van der Waals surface area contributed by atoms with Gasteiger partial charge in [-0.05, 0) is 17.7 Å². The largest absolute Gasteiger partial charge is 0.507 e. The molecule has 3 nitrogen and oxygen atoms in total. The van der Waals surface area contributed by atoms with Gasteiger partial charge in [0.25, 0.3) is 0 Å². The lowest BCUT2D eigenvalue weighted by atomic mass is 10.2. The third-order valence-corrected chi connectivity index (χ3v) is 3.56. The maximum absolute atomic E-state index is 11.1. The van der Waals surface area contributed by atoms with Crippen molar-refractivity contribution in [2.24, 2.45) is 0 Å². The van der Waals surface area contributed by atoms with Crippen molar-refractivity contribution >= 4 is 15.9 Å². The monoisotopic (exact) mass is 182 g/mol.